The second-order valence-electron chi connectivity index (χ2n) is 5.43. The van der Waals surface area contributed by atoms with Crippen molar-refractivity contribution < 1.29 is 9.84 Å². The third-order valence-electron chi connectivity index (χ3n) is 4.03. The lowest BCUT2D eigenvalue weighted by atomic mass is 9.92. The molecule has 1 atom stereocenters. The summed E-state index contributed by atoms with van der Waals surface area (Å²) in [5.41, 5.74) is 1.02. The molecular weight excluding hydrogens is 297 g/mol. The van der Waals surface area contributed by atoms with Crippen LogP contribution in [0.5, 0.6) is 5.75 Å². The van der Waals surface area contributed by atoms with Crippen molar-refractivity contribution in [3.05, 3.63) is 27.7 Å². The molecule has 0 spiro atoms. The first kappa shape index (κ1) is 15.9. The van der Waals surface area contributed by atoms with Gasteiger partial charge >= 0.3 is 0 Å². The van der Waals surface area contributed by atoms with Gasteiger partial charge in [-0.1, -0.05) is 23.2 Å². The summed E-state index contributed by atoms with van der Waals surface area (Å²) in [5.74, 6) is 1.02. The highest BCUT2D eigenvalue weighted by molar-refractivity contribution is 6.34. The molecule has 0 bridgehead atoms. The minimum absolute atomic E-state index is 0.212. The topological polar surface area (TPSA) is 32.7 Å². The second-order valence-corrected chi connectivity index (χ2v) is 6.25. The fourth-order valence-corrected chi connectivity index (χ4v) is 3.16. The Hall–Kier alpha value is -0.480. The average molecular weight is 318 g/mol. The third kappa shape index (κ3) is 3.79. The highest BCUT2D eigenvalue weighted by Crippen LogP contribution is 2.32. The minimum Gasteiger partial charge on any atom is -0.495 e. The standard InChI is InChI=1S/C15H21Cl2NO2/c1-10(19)11-3-5-18(6-4-11)9-12-7-14(17)15(20-2)8-13(12)16/h7-8,10-11,19H,3-6,9H2,1-2H3. The highest BCUT2D eigenvalue weighted by atomic mass is 35.5. The number of methoxy groups -OCH3 is 1. The van der Waals surface area contributed by atoms with Gasteiger partial charge in [-0.25, -0.2) is 0 Å². The molecule has 2 rings (SSSR count). The van der Waals surface area contributed by atoms with Gasteiger partial charge < -0.3 is 9.84 Å². The summed E-state index contributed by atoms with van der Waals surface area (Å²) in [6.45, 7) is 4.63. The maximum Gasteiger partial charge on any atom is 0.138 e. The number of benzene rings is 1. The van der Waals surface area contributed by atoms with Crippen LogP contribution >= 0.6 is 23.2 Å². The Morgan fingerprint density at radius 1 is 1.30 bits per heavy atom. The highest BCUT2D eigenvalue weighted by Gasteiger charge is 2.23. The van der Waals surface area contributed by atoms with Gasteiger partial charge in [0.25, 0.3) is 0 Å². The van der Waals surface area contributed by atoms with Crippen LogP contribution < -0.4 is 4.74 Å². The van der Waals surface area contributed by atoms with Crippen molar-refractivity contribution in [2.75, 3.05) is 20.2 Å². The Kier molecular flexibility index (Phi) is 5.56. The molecule has 3 nitrogen and oxygen atoms in total. The van der Waals surface area contributed by atoms with Crippen LogP contribution in [0, 0.1) is 5.92 Å². The Balaban J connectivity index is 1.99. The van der Waals surface area contributed by atoms with Crippen molar-refractivity contribution in [1.82, 2.24) is 4.90 Å². The summed E-state index contributed by atoms with van der Waals surface area (Å²) < 4.78 is 5.15. The van der Waals surface area contributed by atoms with E-state index in [1.807, 2.05) is 13.0 Å². The zero-order valence-corrected chi connectivity index (χ0v) is 13.4. The van der Waals surface area contributed by atoms with Gasteiger partial charge in [0.2, 0.25) is 0 Å². The average Bonchev–Trinajstić information content (AvgIpc) is 2.43. The van der Waals surface area contributed by atoms with Crippen LogP contribution in [-0.4, -0.2) is 36.3 Å². The molecule has 1 saturated heterocycles. The first-order valence-electron chi connectivity index (χ1n) is 6.93. The molecule has 1 aromatic carbocycles. The summed E-state index contributed by atoms with van der Waals surface area (Å²) in [6, 6.07) is 3.64. The van der Waals surface area contributed by atoms with Gasteiger partial charge in [-0.3, -0.25) is 4.90 Å². The van der Waals surface area contributed by atoms with Crippen LogP contribution in [0.25, 0.3) is 0 Å². The number of aliphatic hydroxyl groups excluding tert-OH is 1. The van der Waals surface area contributed by atoms with E-state index in [-0.39, 0.29) is 6.10 Å². The normalized spacial score (nSPS) is 19.1. The molecule has 0 aliphatic carbocycles. The van der Waals surface area contributed by atoms with Crippen molar-refractivity contribution in [3.8, 4) is 5.75 Å². The molecule has 112 valence electrons. The van der Waals surface area contributed by atoms with Gasteiger partial charge in [0.15, 0.2) is 0 Å². The zero-order valence-electron chi connectivity index (χ0n) is 11.9. The number of nitrogens with zero attached hydrogens (tertiary/aromatic N) is 1. The number of piperidine rings is 1. The summed E-state index contributed by atoms with van der Waals surface area (Å²) in [4.78, 5) is 2.35. The number of likely N-dealkylation sites (tertiary alicyclic amines) is 1. The molecule has 1 N–H and O–H groups in total. The minimum atomic E-state index is -0.212. The molecule has 1 fully saturated rings. The van der Waals surface area contributed by atoms with E-state index in [1.165, 1.54) is 0 Å². The Morgan fingerprint density at radius 3 is 2.50 bits per heavy atom. The SMILES string of the molecule is COc1cc(Cl)c(CN2CCC(C(C)O)CC2)cc1Cl. The van der Waals surface area contributed by atoms with Crippen molar-refractivity contribution in [2.24, 2.45) is 5.92 Å². The summed E-state index contributed by atoms with van der Waals surface area (Å²) in [6.07, 6.45) is 1.84. The predicted octanol–water partition coefficient (Wildman–Crippen LogP) is 3.59. The molecule has 1 heterocycles. The molecule has 0 aromatic heterocycles. The van der Waals surface area contributed by atoms with E-state index in [9.17, 15) is 5.11 Å². The van der Waals surface area contributed by atoms with Gasteiger partial charge in [0, 0.05) is 17.6 Å². The summed E-state index contributed by atoms with van der Waals surface area (Å²) in [5, 5.41) is 10.9. The predicted molar refractivity (Wildman–Crippen MR) is 82.7 cm³/mol. The number of aliphatic hydroxyl groups is 1. The van der Waals surface area contributed by atoms with Crippen molar-refractivity contribution in [3.63, 3.8) is 0 Å². The van der Waals surface area contributed by atoms with E-state index < -0.39 is 0 Å². The van der Waals surface area contributed by atoms with Gasteiger partial charge in [-0.15, -0.1) is 0 Å². The van der Waals surface area contributed by atoms with Crippen molar-refractivity contribution in [1.29, 1.82) is 0 Å². The fraction of sp³-hybridized carbons (Fsp3) is 0.600. The molecule has 1 aliphatic rings. The van der Waals surface area contributed by atoms with E-state index >= 15 is 0 Å². The van der Waals surface area contributed by atoms with Crippen LogP contribution in [-0.2, 0) is 6.54 Å². The van der Waals surface area contributed by atoms with Gasteiger partial charge in [-0.05, 0) is 50.4 Å². The lowest BCUT2D eigenvalue weighted by molar-refractivity contribution is 0.0695. The van der Waals surface area contributed by atoms with E-state index in [0.29, 0.717) is 21.7 Å². The van der Waals surface area contributed by atoms with E-state index in [0.717, 1.165) is 38.0 Å². The molecule has 1 unspecified atom stereocenters. The maximum absolute atomic E-state index is 9.62. The number of hydrogen-bond donors (Lipinski definition) is 1. The lowest BCUT2D eigenvalue weighted by Crippen LogP contribution is -2.36. The van der Waals surface area contributed by atoms with Gasteiger partial charge in [-0.2, -0.15) is 0 Å². The van der Waals surface area contributed by atoms with Crippen molar-refractivity contribution in [2.45, 2.75) is 32.4 Å². The van der Waals surface area contributed by atoms with E-state index in [2.05, 4.69) is 4.90 Å². The Bertz CT molecular complexity index is 457. The molecule has 0 radical (unpaired) electrons. The third-order valence-corrected chi connectivity index (χ3v) is 4.68. The van der Waals surface area contributed by atoms with Crippen LogP contribution in [0.15, 0.2) is 12.1 Å². The van der Waals surface area contributed by atoms with Crippen LogP contribution in [0.3, 0.4) is 0 Å². The van der Waals surface area contributed by atoms with Crippen molar-refractivity contribution >= 4 is 23.2 Å². The Morgan fingerprint density at radius 2 is 1.95 bits per heavy atom. The number of ether oxygens (including phenoxy) is 1. The van der Waals surface area contributed by atoms with Gasteiger partial charge in [0.1, 0.15) is 5.75 Å². The maximum atomic E-state index is 9.62. The molecular formula is C15H21Cl2NO2. The molecule has 20 heavy (non-hydrogen) atoms. The number of hydrogen-bond acceptors (Lipinski definition) is 3. The molecule has 1 aromatic rings. The quantitative estimate of drug-likeness (QED) is 0.921. The first-order chi connectivity index (χ1) is 9.51. The molecule has 0 saturated carbocycles. The second kappa shape index (κ2) is 6.99. The number of rotatable bonds is 4. The van der Waals surface area contributed by atoms with E-state index in [4.69, 9.17) is 27.9 Å². The van der Waals surface area contributed by atoms with Crippen LogP contribution in [0.2, 0.25) is 10.0 Å². The zero-order chi connectivity index (χ0) is 14.7. The lowest BCUT2D eigenvalue weighted by Gasteiger charge is -2.33. The monoisotopic (exact) mass is 317 g/mol. The Labute approximate surface area is 130 Å². The van der Waals surface area contributed by atoms with Gasteiger partial charge in [0.05, 0.1) is 18.2 Å². The fourth-order valence-electron chi connectivity index (χ4n) is 2.68. The molecule has 0 amide bonds. The van der Waals surface area contributed by atoms with Crippen LogP contribution in [0.4, 0.5) is 0 Å². The van der Waals surface area contributed by atoms with E-state index in [1.54, 1.807) is 13.2 Å². The summed E-state index contributed by atoms with van der Waals surface area (Å²) in [7, 11) is 1.58. The number of halogens is 2. The molecule has 5 heteroatoms. The van der Waals surface area contributed by atoms with Crippen LogP contribution in [0.1, 0.15) is 25.3 Å². The smallest absolute Gasteiger partial charge is 0.138 e. The summed E-state index contributed by atoms with van der Waals surface area (Å²) >= 11 is 12.4. The molecule has 1 aliphatic heterocycles. The first-order valence-corrected chi connectivity index (χ1v) is 7.69. The largest absolute Gasteiger partial charge is 0.495 e.